The number of anilines is 1. The number of hydrogen-bond acceptors (Lipinski definition) is 3. The van der Waals surface area contributed by atoms with E-state index in [2.05, 4.69) is 10.6 Å². The van der Waals surface area contributed by atoms with Gasteiger partial charge in [-0.2, -0.15) is 0 Å². The summed E-state index contributed by atoms with van der Waals surface area (Å²) in [4.78, 5) is 39.3. The lowest BCUT2D eigenvalue weighted by molar-refractivity contribution is -0.125. The predicted octanol–water partition coefficient (Wildman–Crippen LogP) is 3.48. The molecule has 2 aromatic rings. The Morgan fingerprint density at radius 3 is 2.21 bits per heavy atom. The molecule has 150 valence electrons. The van der Waals surface area contributed by atoms with Crippen LogP contribution in [-0.4, -0.2) is 41.2 Å². The molecule has 6 nitrogen and oxygen atoms in total. The first-order valence-corrected chi connectivity index (χ1v) is 10.2. The SMILES string of the molecule is O=C(Nc1ccc(C(=O)N2CCCC2C(=O)NC2CC2)cc1)c1ccc(Cl)cc1. The minimum absolute atomic E-state index is 0.0507. The fraction of sp³-hybridized carbons (Fsp3) is 0.318. The molecule has 1 atom stereocenters. The second kappa shape index (κ2) is 8.25. The number of likely N-dealkylation sites (tertiary alicyclic amines) is 1. The van der Waals surface area contributed by atoms with E-state index in [0.717, 1.165) is 19.3 Å². The zero-order valence-corrected chi connectivity index (χ0v) is 16.6. The van der Waals surface area contributed by atoms with E-state index in [-0.39, 0.29) is 23.8 Å². The molecule has 2 aromatic carbocycles. The molecule has 1 aliphatic heterocycles. The van der Waals surface area contributed by atoms with E-state index in [4.69, 9.17) is 11.6 Å². The Bertz CT molecular complexity index is 923. The second-order valence-electron chi connectivity index (χ2n) is 7.48. The van der Waals surface area contributed by atoms with Crippen LogP contribution in [0, 0.1) is 0 Å². The van der Waals surface area contributed by atoms with Crippen LogP contribution >= 0.6 is 11.6 Å². The molecule has 4 rings (SSSR count). The van der Waals surface area contributed by atoms with Crippen LogP contribution in [0.25, 0.3) is 0 Å². The van der Waals surface area contributed by atoms with Crippen molar-refractivity contribution in [3.8, 4) is 0 Å². The van der Waals surface area contributed by atoms with Gasteiger partial charge in [0.1, 0.15) is 6.04 Å². The maximum absolute atomic E-state index is 12.9. The lowest BCUT2D eigenvalue weighted by Crippen LogP contribution is -2.46. The first-order chi connectivity index (χ1) is 14.0. The molecule has 1 saturated heterocycles. The molecule has 2 aliphatic rings. The van der Waals surface area contributed by atoms with Crippen LogP contribution in [0.2, 0.25) is 5.02 Å². The Labute approximate surface area is 174 Å². The number of carbonyl (C=O) groups is 3. The van der Waals surface area contributed by atoms with E-state index >= 15 is 0 Å². The van der Waals surface area contributed by atoms with Gasteiger partial charge in [-0.05, 0) is 74.2 Å². The first kappa shape index (κ1) is 19.5. The molecule has 2 fully saturated rings. The molecule has 7 heteroatoms. The number of amides is 3. The van der Waals surface area contributed by atoms with Crippen LogP contribution in [-0.2, 0) is 4.79 Å². The maximum Gasteiger partial charge on any atom is 0.255 e. The third-order valence-electron chi connectivity index (χ3n) is 5.24. The van der Waals surface area contributed by atoms with Crippen LogP contribution < -0.4 is 10.6 Å². The summed E-state index contributed by atoms with van der Waals surface area (Å²) < 4.78 is 0. The number of halogens is 1. The first-order valence-electron chi connectivity index (χ1n) is 9.79. The quantitative estimate of drug-likeness (QED) is 0.790. The monoisotopic (exact) mass is 411 g/mol. The van der Waals surface area contributed by atoms with Gasteiger partial charge in [0.2, 0.25) is 5.91 Å². The molecule has 1 saturated carbocycles. The number of benzene rings is 2. The zero-order valence-electron chi connectivity index (χ0n) is 15.9. The molecule has 0 aromatic heterocycles. The van der Waals surface area contributed by atoms with Crippen LogP contribution in [0.4, 0.5) is 5.69 Å². The van der Waals surface area contributed by atoms with Gasteiger partial charge >= 0.3 is 0 Å². The van der Waals surface area contributed by atoms with Crippen LogP contribution in [0.15, 0.2) is 48.5 Å². The fourth-order valence-corrected chi connectivity index (χ4v) is 3.60. The molecule has 3 amide bonds. The van der Waals surface area contributed by atoms with Crippen molar-refractivity contribution in [3.63, 3.8) is 0 Å². The fourth-order valence-electron chi connectivity index (χ4n) is 3.47. The molecule has 2 N–H and O–H groups in total. The average Bonchev–Trinajstić information content (AvgIpc) is 3.39. The molecule has 1 unspecified atom stereocenters. The third-order valence-corrected chi connectivity index (χ3v) is 5.49. The minimum Gasteiger partial charge on any atom is -0.352 e. The Hall–Kier alpha value is -2.86. The van der Waals surface area contributed by atoms with Gasteiger partial charge in [-0.15, -0.1) is 0 Å². The summed E-state index contributed by atoms with van der Waals surface area (Å²) in [5.41, 5.74) is 1.59. The second-order valence-corrected chi connectivity index (χ2v) is 7.91. The number of nitrogens with one attached hydrogen (secondary N) is 2. The molecule has 0 spiro atoms. The highest BCUT2D eigenvalue weighted by molar-refractivity contribution is 6.30. The Balaban J connectivity index is 1.40. The van der Waals surface area contributed by atoms with Crippen molar-refractivity contribution in [3.05, 3.63) is 64.7 Å². The van der Waals surface area contributed by atoms with Gasteiger partial charge < -0.3 is 15.5 Å². The lowest BCUT2D eigenvalue weighted by Gasteiger charge is -2.24. The Kier molecular flexibility index (Phi) is 5.53. The van der Waals surface area contributed by atoms with Gasteiger partial charge in [-0.1, -0.05) is 11.6 Å². The van der Waals surface area contributed by atoms with Gasteiger partial charge in [0.15, 0.2) is 0 Å². The van der Waals surface area contributed by atoms with Crippen molar-refractivity contribution in [2.45, 2.75) is 37.8 Å². The molecule has 0 radical (unpaired) electrons. The smallest absolute Gasteiger partial charge is 0.255 e. The normalized spacial score (nSPS) is 18.4. The number of nitrogens with zero attached hydrogens (tertiary/aromatic N) is 1. The van der Waals surface area contributed by atoms with E-state index < -0.39 is 6.04 Å². The summed E-state index contributed by atoms with van der Waals surface area (Å²) in [6.45, 7) is 0.580. The summed E-state index contributed by atoms with van der Waals surface area (Å²) >= 11 is 5.84. The standard InChI is InChI=1S/C22H22ClN3O3/c23-16-7-3-14(4-8-16)20(27)24-17-9-5-15(6-10-17)22(29)26-13-1-2-19(26)21(28)25-18-11-12-18/h3-10,18-19H,1-2,11-13H2,(H,24,27)(H,25,28). The van der Waals surface area contributed by atoms with Crippen molar-refractivity contribution >= 4 is 35.0 Å². The summed E-state index contributed by atoms with van der Waals surface area (Å²) in [6, 6.07) is 13.2. The van der Waals surface area contributed by atoms with Gasteiger partial charge in [-0.25, -0.2) is 0 Å². The van der Waals surface area contributed by atoms with Gasteiger partial charge in [0.05, 0.1) is 0 Å². The number of rotatable bonds is 5. The summed E-state index contributed by atoms with van der Waals surface area (Å²) in [6.07, 6.45) is 3.56. The van der Waals surface area contributed by atoms with Crippen molar-refractivity contribution in [1.82, 2.24) is 10.2 Å². The maximum atomic E-state index is 12.9. The highest BCUT2D eigenvalue weighted by atomic mass is 35.5. The zero-order chi connectivity index (χ0) is 20.4. The van der Waals surface area contributed by atoms with E-state index in [9.17, 15) is 14.4 Å². The molecule has 1 aliphatic carbocycles. The molecular formula is C22H22ClN3O3. The topological polar surface area (TPSA) is 78.5 Å². The Morgan fingerprint density at radius 1 is 0.897 bits per heavy atom. The van der Waals surface area contributed by atoms with Crippen molar-refractivity contribution in [2.24, 2.45) is 0 Å². The minimum atomic E-state index is -0.396. The molecule has 1 heterocycles. The third kappa shape index (κ3) is 4.59. The van der Waals surface area contributed by atoms with Gasteiger partial charge in [-0.3, -0.25) is 14.4 Å². The highest BCUT2D eigenvalue weighted by Crippen LogP contribution is 2.24. The van der Waals surface area contributed by atoms with Crippen LogP contribution in [0.5, 0.6) is 0 Å². The summed E-state index contributed by atoms with van der Waals surface area (Å²) in [7, 11) is 0. The van der Waals surface area contributed by atoms with E-state index in [1.165, 1.54) is 0 Å². The van der Waals surface area contributed by atoms with Gasteiger partial charge in [0.25, 0.3) is 11.8 Å². The average molecular weight is 412 g/mol. The molecule has 0 bridgehead atoms. The van der Waals surface area contributed by atoms with Crippen molar-refractivity contribution < 1.29 is 14.4 Å². The summed E-state index contributed by atoms with van der Waals surface area (Å²) in [5, 5.41) is 6.36. The van der Waals surface area contributed by atoms with Crippen LogP contribution in [0.3, 0.4) is 0 Å². The largest absolute Gasteiger partial charge is 0.352 e. The lowest BCUT2D eigenvalue weighted by atomic mass is 10.1. The van der Waals surface area contributed by atoms with E-state index in [1.54, 1.807) is 53.4 Å². The predicted molar refractivity (Wildman–Crippen MR) is 111 cm³/mol. The number of hydrogen-bond donors (Lipinski definition) is 2. The van der Waals surface area contributed by atoms with Crippen molar-refractivity contribution in [1.29, 1.82) is 0 Å². The van der Waals surface area contributed by atoms with Crippen LogP contribution in [0.1, 0.15) is 46.4 Å². The van der Waals surface area contributed by atoms with Gasteiger partial charge in [0, 0.05) is 34.4 Å². The van der Waals surface area contributed by atoms with E-state index in [1.807, 2.05) is 0 Å². The summed E-state index contributed by atoms with van der Waals surface area (Å²) in [5.74, 6) is -0.462. The molecule has 29 heavy (non-hydrogen) atoms. The Morgan fingerprint density at radius 2 is 1.55 bits per heavy atom. The van der Waals surface area contributed by atoms with E-state index in [0.29, 0.717) is 34.8 Å². The highest BCUT2D eigenvalue weighted by Gasteiger charge is 2.36. The van der Waals surface area contributed by atoms with Crippen molar-refractivity contribution in [2.75, 3.05) is 11.9 Å². The number of carbonyl (C=O) groups excluding carboxylic acids is 3. The molecular weight excluding hydrogens is 390 g/mol.